The molecule has 0 N–H and O–H groups in total. The van der Waals surface area contributed by atoms with Crippen LogP contribution >= 0.6 is 0 Å². The van der Waals surface area contributed by atoms with E-state index in [1.807, 2.05) is 67.5 Å². The molecule has 0 atom stereocenters. The molecule has 6 aromatic rings. The lowest BCUT2D eigenvalue weighted by atomic mass is 9.69. The fraction of sp³-hybridized carbons (Fsp3) is 0.328. The van der Waals surface area contributed by atoms with E-state index in [0.29, 0.717) is 44.8 Å². The summed E-state index contributed by atoms with van der Waals surface area (Å²) in [5.41, 5.74) is -1.65. The first-order chi connectivity index (χ1) is 35.9. The maximum Gasteiger partial charge on any atom is 0.460 e. The van der Waals surface area contributed by atoms with Gasteiger partial charge in [0.25, 0.3) is 0 Å². The molecule has 0 spiro atoms. The van der Waals surface area contributed by atoms with Crippen LogP contribution in [0.4, 0.5) is 79.0 Å². The predicted molar refractivity (Wildman–Crippen MR) is 268 cm³/mol. The molecule has 0 heterocycles. The Kier molecular flexibility index (Phi) is 13.6. The number of benzene rings is 6. The molecule has 2 aliphatic carbocycles. The van der Waals surface area contributed by atoms with Crippen LogP contribution in [0.5, 0.6) is 0 Å². The van der Waals surface area contributed by atoms with Gasteiger partial charge in [-0.05, 0) is 53.3 Å². The molecule has 8 rings (SSSR count). The second-order valence-corrected chi connectivity index (χ2v) is 22.1. The Hall–Kier alpha value is -6.68. The molecule has 79 heavy (non-hydrogen) atoms. The molecule has 0 radical (unpaired) electrons. The third-order valence-corrected chi connectivity index (χ3v) is 14.6. The Balaban J connectivity index is 1.63. The fourth-order valence-electron chi connectivity index (χ4n) is 10.4. The zero-order valence-corrected chi connectivity index (χ0v) is 43.7. The highest BCUT2D eigenvalue weighted by atomic mass is 19.4. The summed E-state index contributed by atoms with van der Waals surface area (Å²) in [5.74, 6) is -41.4. The number of alkyl halides is 18. The van der Waals surface area contributed by atoms with Gasteiger partial charge in [-0.1, -0.05) is 182 Å². The molecule has 2 aliphatic rings. The second kappa shape index (κ2) is 18.4. The van der Waals surface area contributed by atoms with Gasteiger partial charge >= 0.3 is 47.9 Å². The molecule has 0 aromatic heterocycles. The molecule has 6 aromatic carbocycles. The number of rotatable bonds is 7. The van der Waals surface area contributed by atoms with Gasteiger partial charge in [0, 0.05) is 40.8 Å². The number of hydrogen-bond acceptors (Lipinski definition) is 0. The second-order valence-electron chi connectivity index (χ2n) is 22.1. The standard InChI is InChI=1S/C61H48F18/c1-30-23-36(52(5,6)7)24-31(2)48(30)50-40-17-13-11-15-38(40)46(39-16-12-14-18-41(39)50)29-47-44-27-34(54(62,63)56(66,67)58(70,71)60(74,75)76)19-21-42(44)51(49-32(3)25-37(26-33(49)4)53(8,9)10)43-22-20-35(28-45(43)47)55(64,65)57(68,69)59(72,73)61(77,78)79/h11-28H,1-10H3. The van der Waals surface area contributed by atoms with Crippen molar-refractivity contribution in [3.05, 3.63) is 198 Å². The molecule has 0 nitrogen and oxygen atoms in total. The van der Waals surface area contributed by atoms with Crippen LogP contribution < -0.4 is 10.4 Å². The molecular weight excluding hydrogens is 1070 g/mol. The number of halogens is 18. The lowest BCUT2D eigenvalue weighted by molar-refractivity contribution is -0.399. The van der Waals surface area contributed by atoms with E-state index in [0.717, 1.165) is 22.6 Å². The van der Waals surface area contributed by atoms with Gasteiger partial charge in [-0.3, -0.25) is 0 Å². The van der Waals surface area contributed by atoms with E-state index in [9.17, 15) is 43.9 Å². The van der Waals surface area contributed by atoms with Gasteiger partial charge in [0.15, 0.2) is 0 Å². The number of allylic oxidation sites excluding steroid dienone is 4. The van der Waals surface area contributed by atoms with Gasteiger partial charge in [0.1, 0.15) is 0 Å². The van der Waals surface area contributed by atoms with Gasteiger partial charge in [-0.25, -0.2) is 0 Å². The van der Waals surface area contributed by atoms with Crippen molar-refractivity contribution < 1.29 is 79.0 Å². The average molecular weight is 1120 g/mol. The summed E-state index contributed by atoms with van der Waals surface area (Å²) in [5, 5.41) is 1.91. The lowest BCUT2D eigenvalue weighted by Gasteiger charge is -2.40. The third-order valence-electron chi connectivity index (χ3n) is 14.6. The summed E-state index contributed by atoms with van der Waals surface area (Å²) in [4.78, 5) is 0. The molecule has 0 aliphatic heterocycles. The normalized spacial score (nSPS) is 15.6. The molecule has 0 unspecified atom stereocenters. The van der Waals surface area contributed by atoms with Crippen molar-refractivity contribution in [1.82, 2.24) is 0 Å². The van der Waals surface area contributed by atoms with Crippen LogP contribution in [-0.4, -0.2) is 36.0 Å². The Labute approximate surface area is 442 Å². The van der Waals surface area contributed by atoms with Gasteiger partial charge < -0.3 is 0 Å². The van der Waals surface area contributed by atoms with Crippen molar-refractivity contribution in [2.24, 2.45) is 5.41 Å². The summed E-state index contributed by atoms with van der Waals surface area (Å²) >= 11 is 0. The summed E-state index contributed by atoms with van der Waals surface area (Å²) in [6, 6.07) is 17.9. The first-order valence-corrected chi connectivity index (χ1v) is 24.3. The van der Waals surface area contributed by atoms with Gasteiger partial charge in [0.2, 0.25) is 0 Å². The van der Waals surface area contributed by atoms with Gasteiger partial charge in [-0.2, -0.15) is 79.0 Å². The number of hydrogen-bond donors (Lipinski definition) is 0. The van der Waals surface area contributed by atoms with Gasteiger partial charge in [0.05, 0.1) is 34.8 Å². The molecule has 418 valence electrons. The van der Waals surface area contributed by atoms with E-state index in [2.05, 4.69) is 5.73 Å². The topological polar surface area (TPSA) is 0 Å². The summed E-state index contributed by atoms with van der Waals surface area (Å²) < 4.78 is 267. The maximum absolute atomic E-state index is 16.3. The molecule has 18 heteroatoms. The van der Waals surface area contributed by atoms with Crippen LogP contribution in [-0.2, 0) is 17.3 Å². The van der Waals surface area contributed by atoms with Crippen LogP contribution in [0.1, 0.15) is 111 Å². The monoisotopic (exact) mass is 1120 g/mol. The first kappa shape index (κ1) is 58.5. The number of aryl methyl sites for hydroxylation is 2. The van der Waals surface area contributed by atoms with E-state index >= 15 is 35.1 Å². The Morgan fingerprint density at radius 2 is 0.797 bits per heavy atom. The minimum absolute atomic E-state index is 0.0639. The van der Waals surface area contributed by atoms with E-state index in [-0.39, 0.29) is 68.3 Å². The predicted octanol–water partition coefficient (Wildman–Crippen LogP) is 18.3. The van der Waals surface area contributed by atoms with Crippen molar-refractivity contribution >= 4 is 38.4 Å². The highest BCUT2D eigenvalue weighted by Gasteiger charge is 2.83. The molecule has 0 fully saturated rings. The smallest absolute Gasteiger partial charge is 0.194 e. The largest absolute Gasteiger partial charge is 0.460 e. The maximum atomic E-state index is 16.3. The molecule has 0 amide bonds. The Morgan fingerprint density at radius 1 is 0.430 bits per heavy atom. The summed E-state index contributed by atoms with van der Waals surface area (Å²) in [7, 11) is 0. The minimum Gasteiger partial charge on any atom is -0.194 e. The number of fused-ring (bicyclic) bond motifs is 4. The van der Waals surface area contributed by atoms with Crippen LogP contribution in [0.15, 0.2) is 120 Å². The molecule has 0 saturated carbocycles. The van der Waals surface area contributed by atoms with Crippen molar-refractivity contribution in [1.29, 1.82) is 0 Å². The fourth-order valence-corrected chi connectivity index (χ4v) is 10.4. The van der Waals surface area contributed by atoms with E-state index in [1.165, 1.54) is 13.8 Å². The van der Waals surface area contributed by atoms with Crippen LogP contribution in [0, 0.1) is 31.1 Å². The Morgan fingerprint density at radius 3 is 1.14 bits per heavy atom. The molecular formula is C61H48F18. The lowest BCUT2D eigenvalue weighted by Crippen LogP contribution is -2.59. The highest BCUT2D eigenvalue weighted by molar-refractivity contribution is 6.06. The third kappa shape index (κ3) is 8.98. The van der Waals surface area contributed by atoms with Crippen LogP contribution in [0.3, 0.4) is 0 Å². The SMILES string of the molecule is CC1=C[C+](C(C)(C)C)C=C(C)C1=c1c2ccccc2c(=C=C2c3cc(C(F)(F)C(F)(F)C(F)(F)C(F)(F)F)ccc3[C-](c3c(C)cc(C(C)(C)C)cc3C)c3ccc(C(F)(F)C(F)(F)C(F)(F)C(F)(F)F)cc32)c2ccccc12. The van der Waals surface area contributed by atoms with E-state index in [1.54, 1.807) is 60.7 Å². The van der Waals surface area contributed by atoms with Crippen molar-refractivity contribution in [2.75, 3.05) is 0 Å². The summed E-state index contributed by atoms with van der Waals surface area (Å²) in [6.45, 7) is 18.3. The minimum atomic E-state index is -7.40. The first-order valence-electron chi connectivity index (χ1n) is 24.3. The van der Waals surface area contributed by atoms with Crippen LogP contribution in [0.2, 0.25) is 0 Å². The zero-order chi connectivity index (χ0) is 59.1. The van der Waals surface area contributed by atoms with Gasteiger partial charge in [-0.15, -0.1) is 5.73 Å². The average Bonchev–Trinajstić information content (AvgIpc) is 3.50. The van der Waals surface area contributed by atoms with E-state index in [4.69, 9.17) is 0 Å². The Bertz CT molecular complexity index is 3500. The highest BCUT2D eigenvalue weighted by Crippen LogP contribution is 2.60. The summed E-state index contributed by atoms with van der Waals surface area (Å²) in [6.07, 6.45) is -10.5. The zero-order valence-electron chi connectivity index (χ0n) is 43.7. The van der Waals surface area contributed by atoms with Crippen molar-refractivity contribution in [3.63, 3.8) is 0 Å². The molecule has 0 bridgehead atoms. The quantitative estimate of drug-likeness (QED) is 0.0848. The van der Waals surface area contributed by atoms with Crippen molar-refractivity contribution in [3.8, 4) is 0 Å². The van der Waals surface area contributed by atoms with E-state index < -0.39 is 81.1 Å². The van der Waals surface area contributed by atoms with Crippen LogP contribution in [0.25, 0.3) is 38.4 Å². The van der Waals surface area contributed by atoms with Crippen molar-refractivity contribution in [2.45, 2.75) is 123 Å². The molecule has 0 saturated heterocycles.